The van der Waals surface area contributed by atoms with E-state index in [4.69, 9.17) is 0 Å². The van der Waals surface area contributed by atoms with E-state index < -0.39 is 15.8 Å². The van der Waals surface area contributed by atoms with Gasteiger partial charge in [0.05, 0.1) is 9.37 Å². The molecule has 1 N–H and O–H groups in total. The van der Waals surface area contributed by atoms with Crippen molar-refractivity contribution in [1.82, 2.24) is 9.62 Å². The van der Waals surface area contributed by atoms with E-state index in [2.05, 4.69) is 25.6 Å². The van der Waals surface area contributed by atoms with Gasteiger partial charge in [-0.15, -0.1) is 0 Å². The van der Waals surface area contributed by atoms with Gasteiger partial charge < -0.3 is 4.90 Å². The highest BCUT2D eigenvalue weighted by Gasteiger charge is 2.16. The van der Waals surface area contributed by atoms with Gasteiger partial charge in [0.25, 0.3) is 0 Å². The molecule has 1 aromatic rings. The van der Waals surface area contributed by atoms with Crippen LogP contribution in [-0.2, 0) is 10.0 Å². The van der Waals surface area contributed by atoms with Crippen LogP contribution in [0.25, 0.3) is 0 Å². The van der Waals surface area contributed by atoms with Crippen molar-refractivity contribution in [1.29, 1.82) is 0 Å². The Kier molecular flexibility index (Phi) is 5.54. The summed E-state index contributed by atoms with van der Waals surface area (Å²) >= 11 is 3.00. The molecule has 0 saturated carbocycles. The van der Waals surface area contributed by atoms with E-state index in [0.717, 1.165) is 19.2 Å². The molecule has 0 amide bonds. The molecule has 0 atom stereocenters. The second-order valence-electron chi connectivity index (χ2n) is 4.88. The van der Waals surface area contributed by atoms with E-state index in [1.165, 1.54) is 31.4 Å². The van der Waals surface area contributed by atoms with Gasteiger partial charge in [0.1, 0.15) is 5.82 Å². The molecule has 1 aromatic carbocycles. The van der Waals surface area contributed by atoms with Crippen LogP contribution in [-0.4, -0.2) is 39.5 Å². The zero-order chi connectivity index (χ0) is 14.6. The summed E-state index contributed by atoms with van der Waals surface area (Å²) in [5.74, 6) is -0.580. The molecule has 0 unspecified atom stereocenters. The van der Waals surface area contributed by atoms with Crippen molar-refractivity contribution >= 4 is 26.0 Å². The molecule has 7 heteroatoms. The van der Waals surface area contributed by atoms with Crippen molar-refractivity contribution in [2.45, 2.75) is 24.2 Å². The van der Waals surface area contributed by atoms with Gasteiger partial charge in [-0.25, -0.2) is 17.5 Å². The van der Waals surface area contributed by atoms with Gasteiger partial charge in [0.2, 0.25) is 10.0 Å². The molecular formula is C13H18BrFN2O2S. The molecule has 1 fully saturated rings. The van der Waals surface area contributed by atoms with Crippen molar-refractivity contribution in [2.24, 2.45) is 0 Å². The number of nitrogens with zero attached hydrogens (tertiary/aromatic N) is 1. The lowest BCUT2D eigenvalue weighted by molar-refractivity contribution is 0.233. The molecule has 0 aliphatic carbocycles. The zero-order valence-electron chi connectivity index (χ0n) is 11.1. The summed E-state index contributed by atoms with van der Waals surface area (Å²) in [5, 5.41) is 0. The van der Waals surface area contributed by atoms with Gasteiger partial charge in [0, 0.05) is 13.1 Å². The zero-order valence-corrected chi connectivity index (χ0v) is 13.5. The molecule has 0 aromatic heterocycles. The smallest absolute Gasteiger partial charge is 0.240 e. The van der Waals surface area contributed by atoms with Crippen LogP contribution in [0.2, 0.25) is 0 Å². The maximum absolute atomic E-state index is 13.4. The Hall–Kier alpha value is -0.500. The maximum atomic E-state index is 13.4. The monoisotopic (exact) mass is 364 g/mol. The predicted molar refractivity (Wildman–Crippen MR) is 79.6 cm³/mol. The molecule has 0 radical (unpaired) electrons. The standard InChI is InChI=1S/C13H18BrFN2O2S/c14-12-5-4-11(10-13(12)15)20(18,19)16-6-9-17-7-2-1-3-8-17/h4-5,10,16H,1-3,6-9H2. The number of hydrogen-bond donors (Lipinski definition) is 1. The molecule has 1 aliphatic rings. The molecular weight excluding hydrogens is 347 g/mol. The van der Waals surface area contributed by atoms with Crippen LogP contribution < -0.4 is 4.72 Å². The lowest BCUT2D eigenvalue weighted by atomic mass is 10.1. The van der Waals surface area contributed by atoms with E-state index in [1.807, 2.05) is 0 Å². The van der Waals surface area contributed by atoms with Crippen LogP contribution in [0.3, 0.4) is 0 Å². The molecule has 0 bridgehead atoms. The number of piperidine rings is 1. The lowest BCUT2D eigenvalue weighted by Gasteiger charge is -2.26. The first-order valence-corrected chi connectivity index (χ1v) is 8.94. The maximum Gasteiger partial charge on any atom is 0.240 e. The number of halogens is 2. The fourth-order valence-electron chi connectivity index (χ4n) is 2.25. The van der Waals surface area contributed by atoms with Crippen LogP contribution in [0.1, 0.15) is 19.3 Å². The largest absolute Gasteiger partial charge is 0.302 e. The second kappa shape index (κ2) is 6.98. The van der Waals surface area contributed by atoms with E-state index in [0.29, 0.717) is 13.1 Å². The summed E-state index contributed by atoms with van der Waals surface area (Å²) < 4.78 is 40.2. The fourth-order valence-corrected chi connectivity index (χ4v) is 3.53. The molecule has 112 valence electrons. The number of rotatable bonds is 5. The van der Waals surface area contributed by atoms with Crippen LogP contribution >= 0.6 is 15.9 Å². The summed E-state index contributed by atoms with van der Waals surface area (Å²) in [6.45, 7) is 3.08. The minimum absolute atomic E-state index is 0.0446. The highest BCUT2D eigenvalue weighted by molar-refractivity contribution is 9.10. The van der Waals surface area contributed by atoms with Crippen LogP contribution in [0.4, 0.5) is 4.39 Å². The van der Waals surface area contributed by atoms with E-state index in [-0.39, 0.29) is 9.37 Å². The van der Waals surface area contributed by atoms with Gasteiger partial charge >= 0.3 is 0 Å². The van der Waals surface area contributed by atoms with Gasteiger partial charge in [-0.1, -0.05) is 6.42 Å². The Morgan fingerprint density at radius 3 is 2.60 bits per heavy atom. The Labute approximate surface area is 127 Å². The van der Waals surface area contributed by atoms with Crippen LogP contribution in [0.5, 0.6) is 0 Å². The number of hydrogen-bond acceptors (Lipinski definition) is 3. The number of benzene rings is 1. The summed E-state index contributed by atoms with van der Waals surface area (Å²) in [6, 6.07) is 3.80. The van der Waals surface area contributed by atoms with E-state index in [1.54, 1.807) is 0 Å². The summed E-state index contributed by atoms with van der Waals surface area (Å²) in [4.78, 5) is 2.20. The molecule has 1 saturated heterocycles. The summed E-state index contributed by atoms with van der Waals surface area (Å²) in [6.07, 6.45) is 3.59. The molecule has 1 heterocycles. The first-order chi connectivity index (χ1) is 9.49. The third-order valence-corrected chi connectivity index (χ3v) is 5.47. The number of nitrogens with one attached hydrogen (secondary N) is 1. The minimum Gasteiger partial charge on any atom is -0.302 e. The molecule has 4 nitrogen and oxygen atoms in total. The van der Waals surface area contributed by atoms with E-state index in [9.17, 15) is 12.8 Å². The normalized spacial score (nSPS) is 17.3. The summed E-state index contributed by atoms with van der Waals surface area (Å²) in [5.41, 5.74) is 0. The Morgan fingerprint density at radius 1 is 1.25 bits per heavy atom. The first kappa shape index (κ1) is 15.9. The second-order valence-corrected chi connectivity index (χ2v) is 7.50. The third kappa shape index (κ3) is 4.25. The van der Waals surface area contributed by atoms with Crippen LogP contribution in [0.15, 0.2) is 27.6 Å². The van der Waals surface area contributed by atoms with Gasteiger partial charge in [-0.2, -0.15) is 0 Å². The average Bonchev–Trinajstić information content (AvgIpc) is 2.43. The quantitative estimate of drug-likeness (QED) is 0.872. The molecule has 20 heavy (non-hydrogen) atoms. The highest BCUT2D eigenvalue weighted by Crippen LogP contribution is 2.19. The molecule has 0 spiro atoms. The number of sulfonamides is 1. The molecule has 2 rings (SSSR count). The third-order valence-electron chi connectivity index (χ3n) is 3.37. The first-order valence-electron chi connectivity index (χ1n) is 6.66. The van der Waals surface area contributed by atoms with Crippen molar-refractivity contribution in [3.63, 3.8) is 0 Å². The number of likely N-dealkylation sites (tertiary alicyclic amines) is 1. The van der Waals surface area contributed by atoms with E-state index >= 15 is 0 Å². The van der Waals surface area contributed by atoms with Crippen molar-refractivity contribution in [3.8, 4) is 0 Å². The highest BCUT2D eigenvalue weighted by atomic mass is 79.9. The van der Waals surface area contributed by atoms with Crippen molar-refractivity contribution < 1.29 is 12.8 Å². The Balaban J connectivity index is 1.91. The topological polar surface area (TPSA) is 49.4 Å². The fraction of sp³-hybridized carbons (Fsp3) is 0.538. The lowest BCUT2D eigenvalue weighted by Crippen LogP contribution is -2.37. The molecule has 1 aliphatic heterocycles. The van der Waals surface area contributed by atoms with Crippen LogP contribution in [0, 0.1) is 5.82 Å². The van der Waals surface area contributed by atoms with Crippen molar-refractivity contribution in [2.75, 3.05) is 26.2 Å². The Bertz CT molecular complexity index is 559. The average molecular weight is 365 g/mol. The predicted octanol–water partition coefficient (Wildman–Crippen LogP) is 2.35. The van der Waals surface area contributed by atoms with Gasteiger partial charge in [-0.3, -0.25) is 0 Å². The minimum atomic E-state index is -3.64. The SMILES string of the molecule is O=S(=O)(NCCN1CCCCC1)c1ccc(Br)c(F)c1. The Morgan fingerprint density at radius 2 is 1.95 bits per heavy atom. The summed E-state index contributed by atoms with van der Waals surface area (Å²) in [7, 11) is -3.64. The van der Waals surface area contributed by atoms with Crippen molar-refractivity contribution in [3.05, 3.63) is 28.5 Å². The van der Waals surface area contributed by atoms with Gasteiger partial charge in [-0.05, 0) is 60.1 Å². The van der Waals surface area contributed by atoms with Gasteiger partial charge in [0.15, 0.2) is 0 Å².